The molecular formula is C11H19Cl2N3OS. The molecule has 1 aromatic rings. The lowest BCUT2D eigenvalue weighted by atomic mass is 9.85. The van der Waals surface area contributed by atoms with Gasteiger partial charge in [-0.15, -0.1) is 36.2 Å². The summed E-state index contributed by atoms with van der Waals surface area (Å²) in [6.45, 7) is 0.981. The molecule has 2 rings (SSSR count). The number of rotatable bonds is 4. The van der Waals surface area contributed by atoms with E-state index in [-0.39, 0.29) is 36.1 Å². The average Bonchev–Trinajstić information content (AvgIpc) is 2.97. The standard InChI is InChI=1S/C11H17N3OS.2ClH/c12-8-11(3-1-2-4-11)10(15)14-7-9-13-5-6-16-9;;/h5-6H,1-4,7-8,12H2,(H,14,15);2*1H. The molecule has 7 heteroatoms. The van der Waals surface area contributed by atoms with Crippen molar-refractivity contribution >= 4 is 42.1 Å². The predicted molar refractivity (Wildman–Crippen MR) is 78.4 cm³/mol. The van der Waals surface area contributed by atoms with Gasteiger partial charge in [-0.2, -0.15) is 0 Å². The molecule has 0 bridgehead atoms. The van der Waals surface area contributed by atoms with Crippen molar-refractivity contribution in [3.63, 3.8) is 0 Å². The fraction of sp³-hybridized carbons (Fsp3) is 0.636. The van der Waals surface area contributed by atoms with Gasteiger partial charge in [0.2, 0.25) is 5.91 Å². The summed E-state index contributed by atoms with van der Waals surface area (Å²) in [4.78, 5) is 16.2. The number of hydrogen-bond acceptors (Lipinski definition) is 4. The van der Waals surface area contributed by atoms with Crippen molar-refractivity contribution in [2.45, 2.75) is 32.2 Å². The molecule has 0 aromatic carbocycles. The summed E-state index contributed by atoms with van der Waals surface area (Å²) in [5.41, 5.74) is 5.44. The molecule has 0 radical (unpaired) electrons. The van der Waals surface area contributed by atoms with E-state index in [1.54, 1.807) is 17.5 Å². The molecule has 0 unspecified atom stereocenters. The topological polar surface area (TPSA) is 68.0 Å². The minimum atomic E-state index is -0.308. The molecule has 1 heterocycles. The molecule has 0 atom stereocenters. The van der Waals surface area contributed by atoms with Gasteiger partial charge in [0.1, 0.15) is 5.01 Å². The third-order valence-electron chi connectivity index (χ3n) is 3.32. The molecule has 0 spiro atoms. The normalized spacial score (nSPS) is 16.5. The molecule has 1 aromatic heterocycles. The molecule has 4 nitrogen and oxygen atoms in total. The molecule has 1 aliphatic rings. The first kappa shape index (κ1) is 17.6. The fourth-order valence-electron chi connectivity index (χ4n) is 2.26. The van der Waals surface area contributed by atoms with Gasteiger partial charge in [-0.05, 0) is 12.8 Å². The maximum absolute atomic E-state index is 12.1. The van der Waals surface area contributed by atoms with E-state index in [1.165, 1.54) is 0 Å². The van der Waals surface area contributed by atoms with Gasteiger partial charge in [-0.3, -0.25) is 4.79 Å². The van der Waals surface area contributed by atoms with Crippen molar-refractivity contribution in [1.29, 1.82) is 0 Å². The van der Waals surface area contributed by atoms with Crippen LogP contribution in [0.3, 0.4) is 0 Å². The monoisotopic (exact) mass is 311 g/mol. The van der Waals surface area contributed by atoms with Crippen LogP contribution in [0.15, 0.2) is 11.6 Å². The highest BCUT2D eigenvalue weighted by atomic mass is 35.5. The second-order valence-corrected chi connectivity index (χ2v) is 5.28. The van der Waals surface area contributed by atoms with Gasteiger partial charge in [0, 0.05) is 18.1 Å². The van der Waals surface area contributed by atoms with Crippen molar-refractivity contribution in [1.82, 2.24) is 10.3 Å². The Morgan fingerprint density at radius 2 is 2.11 bits per heavy atom. The zero-order valence-electron chi connectivity index (χ0n) is 10.1. The molecule has 1 amide bonds. The maximum Gasteiger partial charge on any atom is 0.227 e. The van der Waals surface area contributed by atoms with Gasteiger partial charge in [0.25, 0.3) is 0 Å². The summed E-state index contributed by atoms with van der Waals surface area (Å²) in [5, 5.41) is 5.80. The fourth-order valence-corrected chi connectivity index (χ4v) is 2.82. The first-order chi connectivity index (χ1) is 7.77. The number of nitrogens with zero attached hydrogens (tertiary/aromatic N) is 1. The van der Waals surface area contributed by atoms with Crippen LogP contribution in [0.1, 0.15) is 30.7 Å². The second kappa shape index (κ2) is 7.94. The Hall–Kier alpha value is -0.360. The van der Waals surface area contributed by atoms with E-state index < -0.39 is 0 Å². The Labute approximate surface area is 124 Å². The number of nitrogens with two attached hydrogens (primary N) is 1. The third kappa shape index (κ3) is 3.82. The Kier molecular flexibility index (Phi) is 7.78. The summed E-state index contributed by atoms with van der Waals surface area (Å²) >= 11 is 1.56. The first-order valence-corrected chi connectivity index (χ1v) is 6.51. The van der Waals surface area contributed by atoms with E-state index in [1.807, 2.05) is 5.38 Å². The molecule has 1 aliphatic carbocycles. The molecule has 3 N–H and O–H groups in total. The van der Waals surface area contributed by atoms with E-state index in [0.29, 0.717) is 13.1 Å². The van der Waals surface area contributed by atoms with Gasteiger partial charge in [-0.1, -0.05) is 12.8 Å². The number of thiazole rings is 1. The quantitative estimate of drug-likeness (QED) is 0.895. The Bertz CT molecular complexity index is 353. The summed E-state index contributed by atoms with van der Waals surface area (Å²) in [6.07, 6.45) is 5.82. The lowest BCUT2D eigenvalue weighted by Crippen LogP contribution is -2.43. The number of halogens is 2. The second-order valence-electron chi connectivity index (χ2n) is 4.30. The Morgan fingerprint density at radius 3 is 2.61 bits per heavy atom. The summed E-state index contributed by atoms with van der Waals surface area (Å²) < 4.78 is 0. The molecule has 104 valence electrons. The van der Waals surface area contributed by atoms with Gasteiger partial charge in [-0.25, -0.2) is 4.98 Å². The van der Waals surface area contributed by atoms with Gasteiger partial charge >= 0.3 is 0 Å². The van der Waals surface area contributed by atoms with E-state index >= 15 is 0 Å². The van der Waals surface area contributed by atoms with Crippen LogP contribution in [0.4, 0.5) is 0 Å². The molecular weight excluding hydrogens is 293 g/mol. The van der Waals surface area contributed by atoms with Gasteiger partial charge < -0.3 is 11.1 Å². The number of nitrogens with one attached hydrogen (secondary N) is 1. The van der Waals surface area contributed by atoms with Crippen LogP contribution >= 0.6 is 36.2 Å². The highest BCUT2D eigenvalue weighted by Gasteiger charge is 2.39. The number of carbonyl (C=O) groups is 1. The summed E-state index contributed by atoms with van der Waals surface area (Å²) in [6, 6.07) is 0. The van der Waals surface area contributed by atoms with Crippen LogP contribution < -0.4 is 11.1 Å². The lowest BCUT2D eigenvalue weighted by Gasteiger charge is -2.25. The number of carbonyl (C=O) groups excluding carboxylic acids is 1. The summed E-state index contributed by atoms with van der Waals surface area (Å²) in [5.74, 6) is 0.0997. The zero-order chi connectivity index (χ0) is 11.4. The molecule has 18 heavy (non-hydrogen) atoms. The molecule has 0 aliphatic heterocycles. The zero-order valence-corrected chi connectivity index (χ0v) is 12.5. The van der Waals surface area contributed by atoms with E-state index in [9.17, 15) is 4.79 Å². The molecule has 1 fully saturated rings. The van der Waals surface area contributed by atoms with E-state index in [2.05, 4.69) is 10.3 Å². The van der Waals surface area contributed by atoms with Crippen molar-refractivity contribution < 1.29 is 4.79 Å². The molecule has 0 saturated heterocycles. The van der Waals surface area contributed by atoms with Crippen molar-refractivity contribution in [3.8, 4) is 0 Å². The van der Waals surface area contributed by atoms with Crippen molar-refractivity contribution in [2.24, 2.45) is 11.1 Å². The number of hydrogen-bond donors (Lipinski definition) is 2. The largest absolute Gasteiger partial charge is 0.349 e. The molecule has 1 saturated carbocycles. The SMILES string of the molecule is Cl.Cl.NCC1(C(=O)NCc2nccs2)CCCC1. The summed E-state index contributed by atoms with van der Waals surface area (Å²) in [7, 11) is 0. The van der Waals surface area contributed by atoms with Crippen LogP contribution in [0.5, 0.6) is 0 Å². The maximum atomic E-state index is 12.1. The van der Waals surface area contributed by atoms with Crippen LogP contribution in [-0.2, 0) is 11.3 Å². The van der Waals surface area contributed by atoms with E-state index in [4.69, 9.17) is 5.73 Å². The highest BCUT2D eigenvalue weighted by molar-refractivity contribution is 7.09. The predicted octanol–water partition coefficient (Wildman–Crippen LogP) is 2.12. The van der Waals surface area contributed by atoms with Crippen LogP contribution in [0.2, 0.25) is 0 Å². The average molecular weight is 312 g/mol. The van der Waals surface area contributed by atoms with Gasteiger partial charge in [0.05, 0.1) is 12.0 Å². The Balaban J connectivity index is 0.00000144. The van der Waals surface area contributed by atoms with Gasteiger partial charge in [0.15, 0.2) is 0 Å². The van der Waals surface area contributed by atoms with Crippen molar-refractivity contribution in [2.75, 3.05) is 6.54 Å². The first-order valence-electron chi connectivity index (χ1n) is 5.64. The van der Waals surface area contributed by atoms with E-state index in [0.717, 1.165) is 30.7 Å². The Morgan fingerprint density at radius 1 is 1.44 bits per heavy atom. The number of aromatic nitrogens is 1. The minimum Gasteiger partial charge on any atom is -0.349 e. The smallest absolute Gasteiger partial charge is 0.227 e. The van der Waals surface area contributed by atoms with Crippen LogP contribution in [-0.4, -0.2) is 17.4 Å². The number of amides is 1. The van der Waals surface area contributed by atoms with Crippen molar-refractivity contribution in [3.05, 3.63) is 16.6 Å². The highest BCUT2D eigenvalue weighted by Crippen LogP contribution is 2.37. The minimum absolute atomic E-state index is 0. The van der Waals surface area contributed by atoms with Crippen LogP contribution in [0.25, 0.3) is 0 Å². The van der Waals surface area contributed by atoms with Crippen LogP contribution in [0, 0.1) is 5.41 Å². The lowest BCUT2D eigenvalue weighted by molar-refractivity contribution is -0.130. The third-order valence-corrected chi connectivity index (χ3v) is 4.10.